The molecule has 0 amide bonds. The average molecular weight is 558 g/mol. The quantitative estimate of drug-likeness (QED) is 0.217. The van der Waals surface area contributed by atoms with Gasteiger partial charge in [-0.25, -0.2) is 4.98 Å². The number of halogens is 3. The predicted octanol–water partition coefficient (Wildman–Crippen LogP) is 9.25. The van der Waals surface area contributed by atoms with E-state index in [1.54, 1.807) is 24.3 Å². The number of rotatable bonds is 4. The third-order valence-corrected chi connectivity index (χ3v) is 7.57. The summed E-state index contributed by atoms with van der Waals surface area (Å²) in [5, 5.41) is 1.68. The molecule has 6 rings (SSSR count). The van der Waals surface area contributed by atoms with Crippen LogP contribution < -0.4 is 5.43 Å². The molecule has 0 aliphatic rings. The van der Waals surface area contributed by atoms with Crippen LogP contribution in [-0.4, -0.2) is 9.55 Å². The molecule has 0 saturated heterocycles. The molecule has 2 aromatic heterocycles. The topological polar surface area (TPSA) is 48.0 Å². The van der Waals surface area contributed by atoms with Crippen LogP contribution in [0.5, 0.6) is 0 Å². The van der Waals surface area contributed by atoms with Crippen molar-refractivity contribution in [3.63, 3.8) is 0 Å². The van der Waals surface area contributed by atoms with Crippen LogP contribution in [0.1, 0.15) is 5.56 Å². The molecule has 0 fully saturated rings. The van der Waals surface area contributed by atoms with Crippen LogP contribution in [0.25, 0.3) is 50.6 Å². The highest BCUT2D eigenvalue weighted by Gasteiger charge is 2.25. The van der Waals surface area contributed by atoms with Gasteiger partial charge in [-0.1, -0.05) is 95.5 Å². The van der Waals surface area contributed by atoms with Gasteiger partial charge in [0, 0.05) is 21.8 Å². The number of nitrogens with zero attached hydrogens (tertiary/aromatic N) is 2. The molecule has 4 nitrogen and oxygen atoms in total. The minimum absolute atomic E-state index is 0.237. The Morgan fingerprint density at radius 1 is 0.763 bits per heavy atom. The summed E-state index contributed by atoms with van der Waals surface area (Å²) in [6.07, 6.45) is 1.46. The van der Waals surface area contributed by atoms with E-state index in [-0.39, 0.29) is 5.43 Å². The van der Waals surface area contributed by atoms with Crippen molar-refractivity contribution >= 4 is 45.8 Å². The number of benzene rings is 4. The normalized spacial score (nSPS) is 11.3. The minimum atomic E-state index is -0.237. The number of aryl methyl sites for hydroxylation is 1. The monoisotopic (exact) mass is 556 g/mol. The lowest BCUT2D eigenvalue weighted by atomic mass is 10.0. The fourth-order valence-corrected chi connectivity index (χ4v) is 5.00. The molecule has 0 atom stereocenters. The summed E-state index contributed by atoms with van der Waals surface area (Å²) in [7, 11) is 0. The molecule has 2 heterocycles. The molecule has 0 saturated carbocycles. The summed E-state index contributed by atoms with van der Waals surface area (Å²) in [4.78, 5) is 18.9. The Bertz CT molecular complexity index is 1880. The molecule has 0 unspecified atom stereocenters. The fraction of sp³-hybridized carbons (Fsp3) is 0.0323. The Kier molecular flexibility index (Phi) is 6.32. The molecule has 0 spiro atoms. The molecule has 0 aliphatic heterocycles. The second kappa shape index (κ2) is 9.80. The van der Waals surface area contributed by atoms with Crippen molar-refractivity contribution in [1.82, 2.24) is 9.55 Å². The third-order valence-electron chi connectivity index (χ3n) is 6.43. The van der Waals surface area contributed by atoms with Crippen LogP contribution in [-0.2, 0) is 0 Å². The van der Waals surface area contributed by atoms with Gasteiger partial charge in [0.1, 0.15) is 17.4 Å². The van der Waals surface area contributed by atoms with Crippen molar-refractivity contribution in [3.05, 3.63) is 128 Å². The lowest BCUT2D eigenvalue weighted by molar-refractivity contribution is 0.603. The van der Waals surface area contributed by atoms with Crippen LogP contribution in [0.15, 0.2) is 106 Å². The second-order valence-corrected chi connectivity index (χ2v) is 10.1. The molecule has 38 heavy (non-hydrogen) atoms. The number of hydrogen-bond donors (Lipinski definition) is 0. The highest BCUT2D eigenvalue weighted by Crippen LogP contribution is 2.39. The zero-order valence-corrected chi connectivity index (χ0v) is 22.4. The van der Waals surface area contributed by atoms with E-state index < -0.39 is 0 Å². The van der Waals surface area contributed by atoms with E-state index in [4.69, 9.17) is 44.2 Å². The van der Waals surface area contributed by atoms with Gasteiger partial charge in [0.15, 0.2) is 5.82 Å². The molecule has 6 aromatic rings. The average Bonchev–Trinajstić information content (AvgIpc) is 3.33. The number of imidazole rings is 1. The molecule has 0 aliphatic carbocycles. The van der Waals surface area contributed by atoms with Crippen molar-refractivity contribution in [2.24, 2.45) is 0 Å². The first-order valence-corrected chi connectivity index (χ1v) is 13.0. The Labute approximate surface area is 233 Å². The van der Waals surface area contributed by atoms with Crippen LogP contribution in [0.2, 0.25) is 15.1 Å². The van der Waals surface area contributed by atoms with Gasteiger partial charge < -0.3 is 4.42 Å². The molecule has 186 valence electrons. The van der Waals surface area contributed by atoms with Gasteiger partial charge in [0.2, 0.25) is 5.43 Å². The van der Waals surface area contributed by atoms with Gasteiger partial charge in [0.25, 0.3) is 0 Å². The second-order valence-electron chi connectivity index (χ2n) is 8.87. The highest BCUT2D eigenvalue weighted by atomic mass is 35.5. The lowest BCUT2D eigenvalue weighted by Crippen LogP contribution is -2.09. The standard InChI is InChI=1S/C31H19Cl3N2O2/c1-18-14-27-22(16-25(18)33)30(37)23(17-38-27)31-35-28(19-8-4-2-5-9-19)29(20-10-6-3-7-11-20)36(31)21-12-13-24(32)26(34)15-21/h2-17H,1H3. The largest absolute Gasteiger partial charge is 0.463 e. The summed E-state index contributed by atoms with van der Waals surface area (Å²) >= 11 is 19.1. The van der Waals surface area contributed by atoms with Crippen molar-refractivity contribution < 1.29 is 4.42 Å². The Morgan fingerprint density at radius 3 is 2.13 bits per heavy atom. The van der Waals surface area contributed by atoms with Gasteiger partial charge in [-0.05, 0) is 42.8 Å². The highest BCUT2D eigenvalue weighted by molar-refractivity contribution is 6.42. The fourth-order valence-electron chi connectivity index (χ4n) is 4.54. The molecule has 0 radical (unpaired) electrons. The molecule has 0 N–H and O–H groups in total. The van der Waals surface area contributed by atoms with Gasteiger partial charge in [-0.3, -0.25) is 9.36 Å². The Morgan fingerprint density at radius 2 is 1.45 bits per heavy atom. The van der Waals surface area contributed by atoms with E-state index in [2.05, 4.69) is 0 Å². The van der Waals surface area contributed by atoms with E-state index in [1.165, 1.54) is 6.26 Å². The molecule has 4 aromatic carbocycles. The summed E-state index contributed by atoms with van der Waals surface area (Å²) in [5.74, 6) is 0.411. The maximum atomic E-state index is 13.9. The first kappa shape index (κ1) is 24.5. The van der Waals surface area contributed by atoms with E-state index in [1.807, 2.05) is 78.2 Å². The molecule has 7 heteroatoms. The molecular formula is C31H19Cl3N2O2. The summed E-state index contributed by atoms with van der Waals surface area (Å²) in [6.45, 7) is 1.87. The smallest absolute Gasteiger partial charge is 0.203 e. The summed E-state index contributed by atoms with van der Waals surface area (Å²) in [6, 6.07) is 28.5. The van der Waals surface area contributed by atoms with E-state index >= 15 is 0 Å². The van der Waals surface area contributed by atoms with Gasteiger partial charge in [0.05, 0.1) is 26.8 Å². The first-order chi connectivity index (χ1) is 18.4. The van der Waals surface area contributed by atoms with Gasteiger partial charge >= 0.3 is 0 Å². The van der Waals surface area contributed by atoms with E-state index in [9.17, 15) is 4.79 Å². The van der Waals surface area contributed by atoms with Crippen molar-refractivity contribution in [2.75, 3.05) is 0 Å². The van der Waals surface area contributed by atoms with Gasteiger partial charge in [-0.2, -0.15) is 0 Å². The predicted molar refractivity (Wildman–Crippen MR) is 156 cm³/mol. The third kappa shape index (κ3) is 4.21. The first-order valence-electron chi connectivity index (χ1n) is 11.8. The maximum Gasteiger partial charge on any atom is 0.203 e. The summed E-state index contributed by atoms with van der Waals surface area (Å²) in [5.41, 5.74) is 5.36. The van der Waals surface area contributed by atoms with Crippen molar-refractivity contribution in [1.29, 1.82) is 0 Å². The zero-order valence-electron chi connectivity index (χ0n) is 20.1. The number of hydrogen-bond acceptors (Lipinski definition) is 3. The SMILES string of the molecule is Cc1cc2occ(-c3nc(-c4ccccc4)c(-c4ccccc4)n3-c3ccc(Cl)c(Cl)c3)c(=O)c2cc1Cl. The zero-order chi connectivity index (χ0) is 26.4. The lowest BCUT2D eigenvalue weighted by Gasteiger charge is -2.14. The number of aromatic nitrogens is 2. The van der Waals surface area contributed by atoms with Crippen molar-refractivity contribution in [3.8, 4) is 39.6 Å². The molecular weight excluding hydrogens is 539 g/mol. The van der Waals surface area contributed by atoms with Crippen LogP contribution in [0.4, 0.5) is 0 Å². The Balaban J connectivity index is 1.75. The van der Waals surface area contributed by atoms with Crippen LogP contribution in [0, 0.1) is 6.92 Å². The maximum absolute atomic E-state index is 13.9. The van der Waals surface area contributed by atoms with Crippen molar-refractivity contribution in [2.45, 2.75) is 6.92 Å². The van der Waals surface area contributed by atoms with E-state index in [0.29, 0.717) is 48.8 Å². The summed E-state index contributed by atoms with van der Waals surface area (Å²) < 4.78 is 7.87. The van der Waals surface area contributed by atoms with Crippen LogP contribution in [0.3, 0.4) is 0 Å². The van der Waals surface area contributed by atoms with Crippen LogP contribution >= 0.6 is 34.8 Å². The van der Waals surface area contributed by atoms with Gasteiger partial charge in [-0.15, -0.1) is 0 Å². The minimum Gasteiger partial charge on any atom is -0.463 e. The number of fused-ring (bicyclic) bond motifs is 1. The Hall–Kier alpha value is -3.83. The molecule has 0 bridgehead atoms. The van der Waals surface area contributed by atoms with E-state index in [0.717, 1.165) is 22.4 Å².